The van der Waals surface area contributed by atoms with E-state index < -0.39 is 5.97 Å². The van der Waals surface area contributed by atoms with E-state index in [0.29, 0.717) is 6.04 Å². The molecule has 98 valence electrons. The summed E-state index contributed by atoms with van der Waals surface area (Å²) in [6.45, 7) is 3.71. The molecule has 0 radical (unpaired) electrons. The molecule has 18 heavy (non-hydrogen) atoms. The lowest BCUT2D eigenvalue weighted by molar-refractivity contribution is -0.137. The van der Waals surface area contributed by atoms with Crippen LogP contribution in [0.4, 0.5) is 5.69 Å². The number of benzene rings is 1. The molecule has 1 saturated heterocycles. The van der Waals surface area contributed by atoms with Crippen molar-refractivity contribution in [3.63, 3.8) is 0 Å². The van der Waals surface area contributed by atoms with Gasteiger partial charge in [0.05, 0.1) is 6.42 Å². The third-order valence-electron chi connectivity index (χ3n) is 3.05. The molecule has 1 aliphatic rings. The van der Waals surface area contributed by atoms with E-state index in [1.165, 1.54) is 0 Å². The van der Waals surface area contributed by atoms with Gasteiger partial charge in [0.25, 0.3) is 0 Å². The molecule has 0 amide bonds. The van der Waals surface area contributed by atoms with Crippen LogP contribution in [0.2, 0.25) is 0 Å². The topological polar surface area (TPSA) is 52.6 Å². The van der Waals surface area contributed by atoms with Crippen LogP contribution in [0.15, 0.2) is 28.7 Å². The average Bonchev–Trinajstić information content (AvgIpc) is 2.27. The predicted molar refractivity (Wildman–Crippen MR) is 75.0 cm³/mol. The fraction of sp³-hybridized carbons (Fsp3) is 0.462. The molecule has 2 N–H and O–H groups in total. The molecule has 2 unspecified atom stereocenters. The number of carboxylic acid groups (broad SMARTS) is 1. The third-order valence-corrected chi connectivity index (χ3v) is 3.54. The smallest absolute Gasteiger partial charge is 0.304 e. The lowest BCUT2D eigenvalue weighted by Crippen LogP contribution is -2.56. The first-order valence-electron chi connectivity index (χ1n) is 6.03. The Morgan fingerprint density at radius 1 is 1.56 bits per heavy atom. The number of hydrogen-bond donors (Lipinski definition) is 2. The van der Waals surface area contributed by atoms with E-state index >= 15 is 0 Å². The second-order valence-corrected chi connectivity index (χ2v) is 5.66. The Morgan fingerprint density at radius 2 is 2.33 bits per heavy atom. The van der Waals surface area contributed by atoms with Gasteiger partial charge in [0.1, 0.15) is 0 Å². The molecule has 1 heterocycles. The Morgan fingerprint density at radius 3 is 3.00 bits per heavy atom. The van der Waals surface area contributed by atoms with Crippen LogP contribution in [0, 0.1) is 0 Å². The first-order valence-corrected chi connectivity index (χ1v) is 6.82. The summed E-state index contributed by atoms with van der Waals surface area (Å²) < 4.78 is 1.04. The van der Waals surface area contributed by atoms with Gasteiger partial charge in [-0.05, 0) is 25.1 Å². The Bertz CT molecular complexity index is 439. The van der Waals surface area contributed by atoms with Crippen molar-refractivity contribution in [2.45, 2.75) is 25.4 Å². The number of nitrogens with one attached hydrogen (secondary N) is 1. The van der Waals surface area contributed by atoms with Crippen LogP contribution in [0.3, 0.4) is 0 Å². The van der Waals surface area contributed by atoms with Crippen LogP contribution >= 0.6 is 15.9 Å². The molecule has 1 aromatic carbocycles. The Hall–Kier alpha value is -1.07. The molecule has 0 aromatic heterocycles. The predicted octanol–water partition coefficient (Wildman–Crippen LogP) is 2.09. The number of carbonyl (C=O) groups is 1. The molecule has 0 aliphatic carbocycles. The maximum absolute atomic E-state index is 10.8. The number of carboxylic acids is 1. The van der Waals surface area contributed by atoms with Crippen molar-refractivity contribution in [2.24, 2.45) is 0 Å². The highest BCUT2D eigenvalue weighted by Gasteiger charge is 2.25. The number of halogens is 1. The van der Waals surface area contributed by atoms with Gasteiger partial charge in [-0.15, -0.1) is 0 Å². The van der Waals surface area contributed by atoms with Gasteiger partial charge < -0.3 is 15.3 Å². The summed E-state index contributed by atoms with van der Waals surface area (Å²) in [5.41, 5.74) is 1.13. The highest BCUT2D eigenvalue weighted by atomic mass is 79.9. The lowest BCUT2D eigenvalue weighted by atomic mass is 10.1. The summed E-state index contributed by atoms with van der Waals surface area (Å²) in [7, 11) is 0. The molecule has 0 spiro atoms. The van der Waals surface area contributed by atoms with E-state index in [1.54, 1.807) is 0 Å². The second kappa shape index (κ2) is 5.71. The van der Waals surface area contributed by atoms with Crippen LogP contribution in [0.1, 0.15) is 13.3 Å². The summed E-state index contributed by atoms with van der Waals surface area (Å²) in [4.78, 5) is 13.0. The minimum atomic E-state index is -0.754. The van der Waals surface area contributed by atoms with E-state index in [4.69, 9.17) is 5.11 Å². The van der Waals surface area contributed by atoms with Gasteiger partial charge in [0.15, 0.2) is 0 Å². The molecule has 2 atom stereocenters. The molecular formula is C13H17BrN2O2. The maximum atomic E-state index is 10.8. The fourth-order valence-electron chi connectivity index (χ4n) is 2.40. The van der Waals surface area contributed by atoms with Gasteiger partial charge in [-0.3, -0.25) is 4.79 Å². The van der Waals surface area contributed by atoms with Crippen LogP contribution in [-0.4, -0.2) is 36.2 Å². The van der Waals surface area contributed by atoms with Crippen molar-refractivity contribution in [3.05, 3.63) is 28.7 Å². The van der Waals surface area contributed by atoms with Gasteiger partial charge >= 0.3 is 5.97 Å². The number of hydrogen-bond acceptors (Lipinski definition) is 3. The van der Waals surface area contributed by atoms with E-state index in [-0.39, 0.29) is 12.5 Å². The third kappa shape index (κ3) is 3.46. The molecule has 1 fully saturated rings. The quantitative estimate of drug-likeness (QED) is 0.897. The van der Waals surface area contributed by atoms with Crippen molar-refractivity contribution in [1.29, 1.82) is 0 Å². The Balaban J connectivity index is 2.10. The van der Waals surface area contributed by atoms with E-state index in [0.717, 1.165) is 23.2 Å². The van der Waals surface area contributed by atoms with Gasteiger partial charge in [-0.1, -0.05) is 22.0 Å². The van der Waals surface area contributed by atoms with Crippen molar-refractivity contribution in [3.8, 4) is 0 Å². The normalized spacial score (nSPS) is 24.0. The van der Waals surface area contributed by atoms with Crippen LogP contribution in [0.25, 0.3) is 0 Å². The summed E-state index contributed by atoms with van der Waals surface area (Å²) in [5, 5.41) is 12.2. The van der Waals surface area contributed by atoms with E-state index in [2.05, 4.69) is 45.2 Å². The number of rotatable bonds is 3. The highest BCUT2D eigenvalue weighted by molar-refractivity contribution is 9.10. The molecule has 0 saturated carbocycles. The average molecular weight is 313 g/mol. The van der Waals surface area contributed by atoms with Crippen molar-refractivity contribution in [2.75, 3.05) is 18.0 Å². The lowest BCUT2D eigenvalue weighted by Gasteiger charge is -2.38. The minimum Gasteiger partial charge on any atom is -0.481 e. The zero-order valence-electron chi connectivity index (χ0n) is 10.3. The van der Waals surface area contributed by atoms with Crippen LogP contribution < -0.4 is 10.2 Å². The largest absolute Gasteiger partial charge is 0.481 e. The van der Waals surface area contributed by atoms with Crippen LogP contribution in [-0.2, 0) is 4.79 Å². The Kier molecular flexibility index (Phi) is 4.24. The molecule has 1 aromatic rings. The highest BCUT2D eigenvalue weighted by Crippen LogP contribution is 2.22. The molecule has 5 heteroatoms. The van der Waals surface area contributed by atoms with Crippen molar-refractivity contribution >= 4 is 27.6 Å². The first-order chi connectivity index (χ1) is 8.54. The second-order valence-electron chi connectivity index (χ2n) is 4.75. The summed E-state index contributed by atoms with van der Waals surface area (Å²) in [6, 6.07) is 8.41. The summed E-state index contributed by atoms with van der Waals surface area (Å²) in [6.07, 6.45) is 0.162. The Labute approximate surface area is 115 Å². The zero-order valence-corrected chi connectivity index (χ0v) is 11.9. The molecular weight excluding hydrogens is 296 g/mol. The molecule has 0 bridgehead atoms. The van der Waals surface area contributed by atoms with Gasteiger partial charge in [-0.25, -0.2) is 0 Å². The van der Waals surface area contributed by atoms with Crippen molar-refractivity contribution < 1.29 is 9.90 Å². The molecule has 1 aliphatic heterocycles. The number of nitrogens with zero attached hydrogens (tertiary/aromatic N) is 1. The minimum absolute atomic E-state index is 0.00484. The van der Waals surface area contributed by atoms with Gasteiger partial charge in [0, 0.05) is 35.3 Å². The summed E-state index contributed by atoms with van der Waals surface area (Å²) >= 11 is 3.46. The van der Waals surface area contributed by atoms with E-state index in [9.17, 15) is 4.79 Å². The molecule has 4 nitrogen and oxygen atoms in total. The maximum Gasteiger partial charge on any atom is 0.304 e. The van der Waals surface area contributed by atoms with Crippen LogP contribution in [0.5, 0.6) is 0 Å². The van der Waals surface area contributed by atoms with Gasteiger partial charge in [-0.2, -0.15) is 0 Å². The first kappa shape index (κ1) is 13.4. The monoisotopic (exact) mass is 312 g/mol. The number of aliphatic carboxylic acids is 1. The fourth-order valence-corrected chi connectivity index (χ4v) is 2.78. The van der Waals surface area contributed by atoms with Crippen molar-refractivity contribution in [1.82, 2.24) is 5.32 Å². The standard InChI is InChI=1S/C13H17BrN2O2/c1-9-7-16(8-11(15-9)6-13(17)18)12-4-2-3-10(14)5-12/h2-5,9,11,15H,6-8H2,1H3,(H,17,18). The zero-order chi connectivity index (χ0) is 13.1. The van der Waals surface area contributed by atoms with Gasteiger partial charge in [0.2, 0.25) is 0 Å². The summed E-state index contributed by atoms with van der Waals surface area (Å²) in [5.74, 6) is -0.754. The number of anilines is 1. The SMILES string of the molecule is CC1CN(c2cccc(Br)c2)CC(CC(=O)O)N1. The van der Waals surface area contributed by atoms with E-state index in [1.807, 2.05) is 12.1 Å². The number of piperazine rings is 1. The molecule has 2 rings (SSSR count).